The molecule has 1 aliphatic rings. The van der Waals surface area contributed by atoms with E-state index >= 15 is 0 Å². The molecule has 0 aromatic carbocycles. The first-order chi connectivity index (χ1) is 11.4. The number of nitrogens with zero attached hydrogens (tertiary/aromatic N) is 3. The molecule has 7 nitrogen and oxygen atoms in total. The molecule has 0 aliphatic carbocycles. The van der Waals surface area contributed by atoms with Gasteiger partial charge >= 0.3 is 12.2 Å². The lowest BCUT2D eigenvalue weighted by Gasteiger charge is -2.29. The normalized spacial score (nSPS) is 15.6. The van der Waals surface area contributed by atoms with Gasteiger partial charge in [0, 0.05) is 19.3 Å². The van der Waals surface area contributed by atoms with Gasteiger partial charge in [-0.15, -0.1) is 0 Å². The third-order valence-electron chi connectivity index (χ3n) is 3.38. The van der Waals surface area contributed by atoms with Crippen LogP contribution in [0.3, 0.4) is 0 Å². The Kier molecular flexibility index (Phi) is 5.25. The molecule has 0 spiro atoms. The van der Waals surface area contributed by atoms with Crippen LogP contribution < -0.4 is 0 Å². The third-order valence-corrected chi connectivity index (χ3v) is 3.38. The molecule has 0 radical (unpaired) electrons. The minimum absolute atomic E-state index is 0.318. The quantitative estimate of drug-likeness (QED) is 0.773. The molecule has 138 valence electrons. The molecule has 1 amide bonds. The van der Waals surface area contributed by atoms with E-state index in [9.17, 15) is 9.59 Å². The molecule has 1 aromatic rings. The van der Waals surface area contributed by atoms with E-state index in [4.69, 9.17) is 9.47 Å². The molecule has 0 saturated carbocycles. The van der Waals surface area contributed by atoms with Crippen molar-refractivity contribution in [1.29, 1.82) is 0 Å². The predicted octanol–water partition coefficient (Wildman–Crippen LogP) is 3.69. The van der Waals surface area contributed by atoms with Gasteiger partial charge in [-0.05, 0) is 53.5 Å². The Morgan fingerprint density at radius 1 is 1.04 bits per heavy atom. The van der Waals surface area contributed by atoms with E-state index in [2.05, 4.69) is 4.98 Å². The lowest BCUT2D eigenvalue weighted by Crippen LogP contribution is -2.39. The van der Waals surface area contributed by atoms with Gasteiger partial charge < -0.3 is 14.4 Å². The van der Waals surface area contributed by atoms with Crippen molar-refractivity contribution < 1.29 is 19.1 Å². The molecule has 0 atom stereocenters. The zero-order valence-electron chi connectivity index (χ0n) is 15.8. The molecule has 2 heterocycles. The van der Waals surface area contributed by atoms with E-state index in [0.717, 1.165) is 11.3 Å². The summed E-state index contributed by atoms with van der Waals surface area (Å²) in [5, 5.41) is 0. The first kappa shape index (κ1) is 19.0. The monoisotopic (exact) mass is 349 g/mol. The average molecular weight is 349 g/mol. The van der Waals surface area contributed by atoms with Crippen LogP contribution in [0, 0.1) is 0 Å². The molecule has 0 N–H and O–H groups in total. The first-order valence-corrected chi connectivity index (χ1v) is 8.39. The van der Waals surface area contributed by atoms with E-state index in [1.165, 1.54) is 10.9 Å². The number of carbonyl (C=O) groups excluding carboxylic acids is 2. The van der Waals surface area contributed by atoms with Crippen LogP contribution in [-0.2, 0) is 9.47 Å². The van der Waals surface area contributed by atoms with Gasteiger partial charge in [-0.25, -0.2) is 19.1 Å². The third kappa shape index (κ3) is 5.62. The van der Waals surface area contributed by atoms with Crippen molar-refractivity contribution in [2.45, 2.75) is 59.2 Å². The Morgan fingerprint density at radius 3 is 2.16 bits per heavy atom. The van der Waals surface area contributed by atoms with Crippen LogP contribution in [0.1, 0.15) is 53.7 Å². The number of carbonyl (C=O) groups is 2. The van der Waals surface area contributed by atoms with Crippen molar-refractivity contribution in [2.24, 2.45) is 0 Å². The van der Waals surface area contributed by atoms with Crippen molar-refractivity contribution in [3.63, 3.8) is 0 Å². The minimum atomic E-state index is -0.556. The zero-order valence-corrected chi connectivity index (χ0v) is 15.8. The van der Waals surface area contributed by atoms with Crippen molar-refractivity contribution >= 4 is 17.8 Å². The maximum Gasteiger partial charge on any atom is 0.419 e. The number of ether oxygens (including phenoxy) is 2. The molecule has 2 rings (SSSR count). The van der Waals surface area contributed by atoms with Gasteiger partial charge in [-0.1, -0.05) is 6.08 Å². The van der Waals surface area contributed by atoms with Crippen molar-refractivity contribution in [2.75, 3.05) is 13.1 Å². The molecule has 1 aliphatic heterocycles. The summed E-state index contributed by atoms with van der Waals surface area (Å²) in [6, 6.07) is 0. The highest BCUT2D eigenvalue weighted by Gasteiger charge is 2.25. The highest BCUT2D eigenvalue weighted by atomic mass is 16.6. The number of rotatable bonds is 1. The minimum Gasteiger partial charge on any atom is -0.444 e. The van der Waals surface area contributed by atoms with Crippen LogP contribution in [0.5, 0.6) is 0 Å². The second-order valence-electron chi connectivity index (χ2n) is 8.05. The summed E-state index contributed by atoms with van der Waals surface area (Å²) in [6.07, 6.45) is 4.92. The lowest BCUT2D eigenvalue weighted by atomic mass is 10.1. The molecular weight excluding hydrogens is 322 g/mol. The maximum atomic E-state index is 12.1. The summed E-state index contributed by atoms with van der Waals surface area (Å²) in [6.45, 7) is 12.0. The highest BCUT2D eigenvalue weighted by molar-refractivity contribution is 5.74. The van der Waals surface area contributed by atoms with Gasteiger partial charge in [0.2, 0.25) is 0 Å². The molecule has 1 aromatic heterocycles. The zero-order chi connectivity index (χ0) is 18.8. The van der Waals surface area contributed by atoms with Crippen LogP contribution in [0.4, 0.5) is 9.59 Å². The number of hydrogen-bond acceptors (Lipinski definition) is 5. The Labute approximate surface area is 148 Å². The molecule has 0 bridgehead atoms. The van der Waals surface area contributed by atoms with Gasteiger partial charge in [0.1, 0.15) is 17.5 Å². The van der Waals surface area contributed by atoms with Gasteiger partial charge in [0.15, 0.2) is 0 Å². The maximum absolute atomic E-state index is 12.1. The number of hydrogen-bond donors (Lipinski definition) is 0. The second kappa shape index (κ2) is 6.90. The largest absolute Gasteiger partial charge is 0.444 e. The molecule has 0 unspecified atom stereocenters. The predicted molar refractivity (Wildman–Crippen MR) is 94.3 cm³/mol. The van der Waals surface area contributed by atoms with Crippen LogP contribution in [0.25, 0.3) is 5.57 Å². The fourth-order valence-corrected chi connectivity index (χ4v) is 2.30. The van der Waals surface area contributed by atoms with Gasteiger partial charge in [-0.3, -0.25) is 0 Å². The lowest BCUT2D eigenvalue weighted by molar-refractivity contribution is 0.0270. The fourth-order valence-electron chi connectivity index (χ4n) is 2.30. The molecule has 7 heteroatoms. The molecule has 0 saturated heterocycles. The van der Waals surface area contributed by atoms with Crippen LogP contribution >= 0.6 is 0 Å². The Morgan fingerprint density at radius 2 is 1.64 bits per heavy atom. The average Bonchev–Trinajstić information content (AvgIpc) is 2.93. The molecule has 25 heavy (non-hydrogen) atoms. The summed E-state index contributed by atoms with van der Waals surface area (Å²) in [4.78, 5) is 30.1. The number of imidazole rings is 1. The van der Waals surface area contributed by atoms with Crippen molar-refractivity contribution in [3.8, 4) is 0 Å². The van der Waals surface area contributed by atoms with Crippen LogP contribution in [0.15, 0.2) is 18.6 Å². The summed E-state index contributed by atoms with van der Waals surface area (Å²) < 4.78 is 12.0. The fraction of sp³-hybridized carbons (Fsp3) is 0.611. The molecular formula is C18H27N3O4. The summed E-state index contributed by atoms with van der Waals surface area (Å²) in [5.41, 5.74) is 0.657. The first-order valence-electron chi connectivity index (χ1n) is 8.39. The Balaban J connectivity index is 2.00. The van der Waals surface area contributed by atoms with Crippen molar-refractivity contribution in [1.82, 2.24) is 14.5 Å². The van der Waals surface area contributed by atoms with Gasteiger partial charge in [0.25, 0.3) is 0 Å². The number of amides is 1. The van der Waals surface area contributed by atoms with E-state index in [1.54, 1.807) is 11.1 Å². The topological polar surface area (TPSA) is 73.7 Å². The van der Waals surface area contributed by atoms with Gasteiger partial charge in [-0.2, -0.15) is 0 Å². The SMILES string of the molecule is CC(C)(C)OC(=O)N1CC=C(c2cn(C(=O)OC(C)(C)C)cn2)CC1. The molecule has 0 fully saturated rings. The van der Waals surface area contributed by atoms with Crippen LogP contribution in [0.2, 0.25) is 0 Å². The summed E-state index contributed by atoms with van der Waals surface area (Å²) >= 11 is 0. The van der Waals surface area contributed by atoms with E-state index in [1.807, 2.05) is 47.6 Å². The number of aromatic nitrogens is 2. The summed E-state index contributed by atoms with van der Waals surface area (Å²) in [5.74, 6) is 0. The Hall–Kier alpha value is -2.31. The van der Waals surface area contributed by atoms with Crippen LogP contribution in [-0.4, -0.2) is 50.9 Å². The standard InChI is InChI=1S/C18H27N3O4/c1-17(2,3)24-15(22)20-9-7-13(8-10-20)14-11-21(12-19-14)16(23)25-18(4,5)6/h7,11-12H,8-10H2,1-6H3. The van der Waals surface area contributed by atoms with Gasteiger partial charge in [0.05, 0.1) is 5.69 Å². The van der Waals surface area contributed by atoms with Crippen molar-refractivity contribution in [3.05, 3.63) is 24.3 Å². The van der Waals surface area contributed by atoms with E-state index < -0.39 is 17.3 Å². The van der Waals surface area contributed by atoms with E-state index in [-0.39, 0.29) is 6.09 Å². The second-order valence-corrected chi connectivity index (χ2v) is 8.05. The Bertz CT molecular complexity index is 677. The highest BCUT2D eigenvalue weighted by Crippen LogP contribution is 2.22. The van der Waals surface area contributed by atoms with E-state index in [0.29, 0.717) is 19.5 Å². The summed E-state index contributed by atoms with van der Waals surface area (Å²) in [7, 11) is 0. The smallest absolute Gasteiger partial charge is 0.419 e.